The number of hydrogen-bond acceptors (Lipinski definition) is 4. The van der Waals surface area contributed by atoms with Gasteiger partial charge in [0, 0.05) is 11.6 Å². The molecular formula is C19H22ClF3N4O2. The van der Waals surface area contributed by atoms with Crippen LogP contribution < -0.4 is 0 Å². The molecule has 0 bridgehead atoms. The molecule has 1 aliphatic rings. The molecule has 0 spiro atoms. The number of benzene rings is 1. The zero-order chi connectivity index (χ0) is 21.4. The Labute approximate surface area is 171 Å². The molecule has 29 heavy (non-hydrogen) atoms. The van der Waals surface area contributed by atoms with E-state index in [4.69, 9.17) is 16.3 Å². The maximum absolute atomic E-state index is 13.5. The standard InChI is InChI=1S/C19H22ClF3N4O2/c1-18(2,3)29-17(28)26-10-4-5-14(26)15-24-25-16(19(21,22)23)27(15)11-12-6-8-13(20)9-7-12/h6-9,14H,4-5,10-11H2,1-3H3. The maximum atomic E-state index is 13.5. The van der Waals surface area contributed by atoms with Gasteiger partial charge in [-0.05, 0) is 51.3 Å². The highest BCUT2D eigenvalue weighted by Crippen LogP contribution is 2.36. The lowest BCUT2D eigenvalue weighted by molar-refractivity contribution is -0.147. The van der Waals surface area contributed by atoms with Crippen LogP contribution in [0.25, 0.3) is 0 Å². The Morgan fingerprint density at radius 3 is 2.45 bits per heavy atom. The van der Waals surface area contributed by atoms with Gasteiger partial charge in [0.1, 0.15) is 5.60 Å². The van der Waals surface area contributed by atoms with Gasteiger partial charge in [0.25, 0.3) is 0 Å². The summed E-state index contributed by atoms with van der Waals surface area (Å²) in [7, 11) is 0. The molecule has 0 N–H and O–H groups in total. The highest BCUT2D eigenvalue weighted by Gasteiger charge is 2.42. The molecule has 0 aliphatic carbocycles. The first-order chi connectivity index (χ1) is 13.5. The van der Waals surface area contributed by atoms with Crippen LogP contribution in [-0.4, -0.2) is 37.9 Å². The Morgan fingerprint density at radius 1 is 1.21 bits per heavy atom. The highest BCUT2D eigenvalue weighted by atomic mass is 35.5. The van der Waals surface area contributed by atoms with Crippen LogP contribution in [0.2, 0.25) is 5.02 Å². The summed E-state index contributed by atoms with van der Waals surface area (Å²) in [4.78, 5) is 14.0. The van der Waals surface area contributed by atoms with Crippen LogP contribution in [-0.2, 0) is 17.5 Å². The predicted molar refractivity (Wildman–Crippen MR) is 100 cm³/mol. The summed E-state index contributed by atoms with van der Waals surface area (Å²) in [6.45, 7) is 5.50. The number of alkyl halides is 3. The molecule has 1 amide bonds. The summed E-state index contributed by atoms with van der Waals surface area (Å²) < 4.78 is 47.1. The lowest BCUT2D eigenvalue weighted by Crippen LogP contribution is -2.37. The number of hydrogen-bond donors (Lipinski definition) is 0. The second kappa shape index (κ2) is 7.85. The van der Waals surface area contributed by atoms with E-state index in [0.717, 1.165) is 4.57 Å². The van der Waals surface area contributed by atoms with Gasteiger partial charge in [0.2, 0.25) is 5.82 Å². The first-order valence-electron chi connectivity index (χ1n) is 9.20. The molecule has 6 nitrogen and oxygen atoms in total. The summed E-state index contributed by atoms with van der Waals surface area (Å²) in [5.74, 6) is -1.01. The summed E-state index contributed by atoms with van der Waals surface area (Å²) >= 11 is 5.87. The second-order valence-corrected chi connectivity index (χ2v) is 8.36. The van der Waals surface area contributed by atoms with E-state index in [2.05, 4.69) is 10.2 Å². The van der Waals surface area contributed by atoms with E-state index in [1.807, 2.05) is 0 Å². The van der Waals surface area contributed by atoms with Crippen molar-refractivity contribution in [2.24, 2.45) is 0 Å². The SMILES string of the molecule is CC(C)(C)OC(=O)N1CCCC1c1nnc(C(F)(F)F)n1Cc1ccc(Cl)cc1. The van der Waals surface area contributed by atoms with Gasteiger partial charge in [0.15, 0.2) is 5.82 Å². The average molecular weight is 431 g/mol. The van der Waals surface area contributed by atoms with Crippen molar-refractivity contribution < 1.29 is 22.7 Å². The van der Waals surface area contributed by atoms with E-state index in [0.29, 0.717) is 30.0 Å². The Bertz CT molecular complexity index is 875. The number of likely N-dealkylation sites (tertiary alicyclic amines) is 1. The number of halogens is 4. The van der Waals surface area contributed by atoms with Gasteiger partial charge in [-0.15, -0.1) is 10.2 Å². The molecule has 2 aromatic rings. The molecule has 158 valence electrons. The number of aromatic nitrogens is 3. The van der Waals surface area contributed by atoms with Crippen LogP contribution in [0.1, 0.15) is 56.9 Å². The van der Waals surface area contributed by atoms with Crippen molar-refractivity contribution in [3.63, 3.8) is 0 Å². The minimum atomic E-state index is -4.67. The number of carbonyl (C=O) groups excluding carboxylic acids is 1. The quantitative estimate of drug-likeness (QED) is 0.682. The predicted octanol–water partition coefficient (Wildman–Crippen LogP) is 5.07. The van der Waals surface area contributed by atoms with Crippen molar-refractivity contribution in [1.29, 1.82) is 0 Å². The molecule has 1 saturated heterocycles. The maximum Gasteiger partial charge on any atom is 0.451 e. The number of nitrogens with zero attached hydrogens (tertiary/aromatic N) is 4. The number of carbonyl (C=O) groups is 1. The van der Waals surface area contributed by atoms with Crippen LogP contribution in [0.15, 0.2) is 24.3 Å². The van der Waals surface area contributed by atoms with Gasteiger partial charge in [0.05, 0.1) is 12.6 Å². The number of amides is 1. The topological polar surface area (TPSA) is 60.2 Å². The average Bonchev–Trinajstić information content (AvgIpc) is 3.21. The third-order valence-corrected chi connectivity index (χ3v) is 4.72. The fourth-order valence-electron chi connectivity index (χ4n) is 3.27. The van der Waals surface area contributed by atoms with E-state index in [-0.39, 0.29) is 12.4 Å². The van der Waals surface area contributed by atoms with Gasteiger partial charge in [-0.3, -0.25) is 4.90 Å². The summed E-state index contributed by atoms with van der Waals surface area (Å²) in [6, 6.07) is 5.87. The van der Waals surface area contributed by atoms with Crippen molar-refractivity contribution in [2.45, 2.75) is 58.0 Å². The minimum absolute atomic E-state index is 0.0903. The first kappa shape index (κ1) is 21.4. The summed E-state index contributed by atoms with van der Waals surface area (Å²) in [6.07, 6.45) is -4.13. The largest absolute Gasteiger partial charge is 0.451 e. The van der Waals surface area contributed by atoms with Gasteiger partial charge < -0.3 is 9.30 Å². The molecule has 0 saturated carbocycles. The molecule has 1 aromatic heterocycles. The number of rotatable bonds is 3. The van der Waals surface area contributed by atoms with Crippen LogP contribution in [0.5, 0.6) is 0 Å². The Morgan fingerprint density at radius 2 is 1.86 bits per heavy atom. The van der Waals surface area contributed by atoms with Crippen molar-refractivity contribution in [3.05, 3.63) is 46.5 Å². The Balaban J connectivity index is 1.97. The van der Waals surface area contributed by atoms with Crippen LogP contribution in [0.3, 0.4) is 0 Å². The monoisotopic (exact) mass is 430 g/mol. The van der Waals surface area contributed by atoms with Crippen LogP contribution in [0, 0.1) is 0 Å². The van der Waals surface area contributed by atoms with Crippen molar-refractivity contribution in [2.75, 3.05) is 6.54 Å². The van der Waals surface area contributed by atoms with E-state index in [1.54, 1.807) is 45.0 Å². The number of ether oxygens (including phenoxy) is 1. The van der Waals surface area contributed by atoms with Gasteiger partial charge in [-0.2, -0.15) is 13.2 Å². The summed E-state index contributed by atoms with van der Waals surface area (Å²) in [5.41, 5.74) is -0.0963. The lowest BCUT2D eigenvalue weighted by atomic mass is 10.2. The molecule has 1 aromatic carbocycles. The Hall–Kier alpha value is -2.29. The van der Waals surface area contributed by atoms with E-state index < -0.39 is 29.7 Å². The third kappa shape index (κ3) is 5.01. The van der Waals surface area contributed by atoms with Crippen LogP contribution in [0.4, 0.5) is 18.0 Å². The van der Waals surface area contributed by atoms with E-state index in [1.165, 1.54) is 4.90 Å². The molecule has 1 fully saturated rings. The lowest BCUT2D eigenvalue weighted by Gasteiger charge is -2.28. The summed E-state index contributed by atoms with van der Waals surface area (Å²) in [5, 5.41) is 7.71. The van der Waals surface area contributed by atoms with Gasteiger partial charge in [-0.1, -0.05) is 23.7 Å². The molecule has 1 atom stereocenters. The molecule has 10 heteroatoms. The normalized spacial score (nSPS) is 17.6. The second-order valence-electron chi connectivity index (χ2n) is 7.92. The molecule has 1 unspecified atom stereocenters. The molecule has 3 rings (SSSR count). The fraction of sp³-hybridized carbons (Fsp3) is 0.526. The molecule has 0 radical (unpaired) electrons. The van der Waals surface area contributed by atoms with Crippen molar-refractivity contribution in [1.82, 2.24) is 19.7 Å². The Kier molecular flexibility index (Phi) is 5.80. The van der Waals surface area contributed by atoms with Crippen molar-refractivity contribution in [3.8, 4) is 0 Å². The van der Waals surface area contributed by atoms with E-state index in [9.17, 15) is 18.0 Å². The minimum Gasteiger partial charge on any atom is -0.444 e. The molecular weight excluding hydrogens is 409 g/mol. The first-order valence-corrected chi connectivity index (χ1v) is 9.58. The molecule has 1 aliphatic heterocycles. The van der Waals surface area contributed by atoms with Crippen LogP contribution >= 0.6 is 11.6 Å². The molecule has 2 heterocycles. The third-order valence-electron chi connectivity index (χ3n) is 4.47. The van der Waals surface area contributed by atoms with E-state index >= 15 is 0 Å². The zero-order valence-corrected chi connectivity index (χ0v) is 17.1. The van der Waals surface area contributed by atoms with Crippen molar-refractivity contribution >= 4 is 17.7 Å². The smallest absolute Gasteiger partial charge is 0.444 e. The fourth-order valence-corrected chi connectivity index (χ4v) is 3.40. The zero-order valence-electron chi connectivity index (χ0n) is 16.3. The highest BCUT2D eigenvalue weighted by molar-refractivity contribution is 6.30. The van der Waals surface area contributed by atoms with Gasteiger partial charge in [-0.25, -0.2) is 4.79 Å². The van der Waals surface area contributed by atoms with Gasteiger partial charge >= 0.3 is 12.3 Å².